The second-order valence-corrected chi connectivity index (χ2v) is 3.42. The molecule has 60 valence electrons. The van der Waals surface area contributed by atoms with Crippen LogP contribution in [0.2, 0.25) is 5.02 Å². The lowest BCUT2D eigenvalue weighted by Gasteiger charge is -1.93. The number of thioether (sulfide) groups is 1. The van der Waals surface area contributed by atoms with Gasteiger partial charge in [0.25, 0.3) is 0 Å². The third-order valence-corrected chi connectivity index (χ3v) is 2.23. The molecule has 0 saturated carbocycles. The summed E-state index contributed by atoms with van der Waals surface area (Å²) in [5, 5.41) is 10.7. The summed E-state index contributed by atoms with van der Waals surface area (Å²) in [7, 11) is 0. The van der Waals surface area contributed by atoms with Crippen LogP contribution in [0.3, 0.4) is 0 Å². The lowest BCUT2D eigenvalue weighted by Crippen LogP contribution is -1.66. The van der Waals surface area contributed by atoms with Gasteiger partial charge in [-0.2, -0.15) is 5.26 Å². The van der Waals surface area contributed by atoms with E-state index in [1.807, 2.05) is 30.3 Å². The molecule has 0 N–H and O–H groups in total. The second-order valence-electron chi connectivity index (χ2n) is 2.00. The van der Waals surface area contributed by atoms with Crippen molar-refractivity contribution in [2.24, 2.45) is 0 Å². The van der Waals surface area contributed by atoms with Crippen molar-refractivity contribution >= 4 is 23.4 Å². The van der Waals surface area contributed by atoms with Crippen LogP contribution in [0.1, 0.15) is 0 Å². The van der Waals surface area contributed by atoms with Gasteiger partial charge in [-0.25, -0.2) is 0 Å². The first-order valence-corrected chi connectivity index (χ1v) is 4.55. The molecule has 0 saturated heterocycles. The van der Waals surface area contributed by atoms with Crippen molar-refractivity contribution in [3.05, 3.63) is 40.8 Å². The van der Waals surface area contributed by atoms with Gasteiger partial charge in [0.05, 0.1) is 6.07 Å². The minimum absolute atomic E-state index is 0.726. The minimum atomic E-state index is 0.726. The van der Waals surface area contributed by atoms with E-state index in [9.17, 15) is 0 Å². The number of nitrogens with zero attached hydrogens (tertiary/aromatic N) is 1. The molecule has 1 rings (SSSR count). The van der Waals surface area contributed by atoms with Crippen molar-refractivity contribution in [2.75, 3.05) is 0 Å². The third kappa shape index (κ3) is 3.00. The second kappa shape index (κ2) is 4.87. The number of nitriles is 1. The summed E-state index contributed by atoms with van der Waals surface area (Å²) in [5.74, 6) is 0. The van der Waals surface area contributed by atoms with Gasteiger partial charge in [0, 0.05) is 16.0 Å². The highest BCUT2D eigenvalue weighted by molar-refractivity contribution is 8.02. The summed E-state index contributed by atoms with van der Waals surface area (Å²) in [5.41, 5.74) is 0. The van der Waals surface area contributed by atoms with Crippen molar-refractivity contribution in [1.29, 1.82) is 5.26 Å². The lowest BCUT2D eigenvalue weighted by atomic mass is 10.4. The lowest BCUT2D eigenvalue weighted by molar-refractivity contribution is 1.47. The van der Waals surface area contributed by atoms with E-state index in [2.05, 4.69) is 0 Å². The average Bonchev–Trinajstić information content (AvgIpc) is 2.09. The van der Waals surface area contributed by atoms with E-state index in [-0.39, 0.29) is 0 Å². The number of allylic oxidation sites excluding steroid dienone is 1. The van der Waals surface area contributed by atoms with E-state index >= 15 is 0 Å². The maximum Gasteiger partial charge on any atom is 0.0917 e. The Labute approximate surface area is 80.7 Å². The van der Waals surface area contributed by atoms with E-state index < -0.39 is 0 Å². The van der Waals surface area contributed by atoms with Gasteiger partial charge < -0.3 is 0 Å². The van der Waals surface area contributed by atoms with Crippen LogP contribution in [0.15, 0.2) is 40.6 Å². The van der Waals surface area contributed by atoms with Crippen LogP contribution in [-0.4, -0.2) is 0 Å². The quantitative estimate of drug-likeness (QED) is 0.533. The first-order chi connectivity index (χ1) is 5.83. The highest BCUT2D eigenvalue weighted by atomic mass is 35.5. The fourth-order valence-corrected chi connectivity index (χ4v) is 1.36. The summed E-state index contributed by atoms with van der Waals surface area (Å²) in [6, 6.07) is 9.39. The molecule has 0 aliphatic rings. The molecule has 0 unspecified atom stereocenters. The van der Waals surface area contributed by atoms with Gasteiger partial charge in [-0.1, -0.05) is 23.4 Å². The molecule has 0 heterocycles. The zero-order chi connectivity index (χ0) is 8.81. The molecule has 0 fully saturated rings. The van der Waals surface area contributed by atoms with Crippen molar-refractivity contribution in [1.82, 2.24) is 0 Å². The van der Waals surface area contributed by atoms with E-state index in [1.54, 1.807) is 5.41 Å². The van der Waals surface area contributed by atoms with Crippen molar-refractivity contribution in [3.8, 4) is 6.07 Å². The standard InChI is InChI=1S/C9H6ClNS/c10-8-2-4-9(5-3-8)12-7-1-6-11/h1-5,7H. The Bertz CT molecular complexity index is 310. The maximum absolute atomic E-state index is 8.22. The molecular formula is C9H6ClNS. The molecule has 0 aliphatic heterocycles. The molecule has 3 heteroatoms. The average molecular weight is 196 g/mol. The molecule has 12 heavy (non-hydrogen) atoms. The van der Waals surface area contributed by atoms with Crippen LogP contribution in [0.4, 0.5) is 0 Å². The topological polar surface area (TPSA) is 23.8 Å². The predicted octanol–water partition coefficient (Wildman–Crippen LogP) is 3.47. The summed E-state index contributed by atoms with van der Waals surface area (Å²) >= 11 is 7.19. The Kier molecular flexibility index (Phi) is 3.72. The zero-order valence-electron chi connectivity index (χ0n) is 6.20. The molecule has 1 aromatic rings. The van der Waals surface area contributed by atoms with Crippen LogP contribution in [-0.2, 0) is 0 Å². The first kappa shape index (κ1) is 9.18. The molecular weight excluding hydrogens is 190 g/mol. The van der Waals surface area contributed by atoms with Gasteiger partial charge in [-0.3, -0.25) is 0 Å². The Balaban J connectivity index is 2.60. The SMILES string of the molecule is N#CC=CSc1ccc(Cl)cc1. The molecule has 1 nitrogen and oxygen atoms in total. The Morgan fingerprint density at radius 2 is 2.00 bits per heavy atom. The summed E-state index contributed by atoms with van der Waals surface area (Å²) < 4.78 is 0. The molecule has 0 atom stereocenters. The van der Waals surface area contributed by atoms with Crippen molar-refractivity contribution < 1.29 is 0 Å². The van der Waals surface area contributed by atoms with Crippen LogP contribution >= 0.6 is 23.4 Å². The van der Waals surface area contributed by atoms with E-state index in [4.69, 9.17) is 16.9 Å². The number of halogens is 1. The molecule has 0 aliphatic carbocycles. The Morgan fingerprint density at radius 1 is 1.33 bits per heavy atom. The smallest absolute Gasteiger partial charge is 0.0917 e. The van der Waals surface area contributed by atoms with Crippen LogP contribution in [0.25, 0.3) is 0 Å². The molecule has 0 radical (unpaired) electrons. The molecule has 1 aromatic carbocycles. The van der Waals surface area contributed by atoms with Gasteiger partial charge in [0.15, 0.2) is 0 Å². The van der Waals surface area contributed by atoms with Crippen LogP contribution in [0.5, 0.6) is 0 Å². The van der Waals surface area contributed by atoms with E-state index in [1.165, 1.54) is 17.8 Å². The number of hydrogen-bond acceptors (Lipinski definition) is 2. The van der Waals surface area contributed by atoms with E-state index in [0.717, 1.165) is 9.92 Å². The zero-order valence-corrected chi connectivity index (χ0v) is 7.77. The van der Waals surface area contributed by atoms with Gasteiger partial charge in [-0.05, 0) is 29.7 Å². The van der Waals surface area contributed by atoms with Crippen LogP contribution < -0.4 is 0 Å². The monoisotopic (exact) mass is 195 g/mol. The highest BCUT2D eigenvalue weighted by Crippen LogP contribution is 2.20. The normalized spacial score (nSPS) is 10.0. The largest absolute Gasteiger partial charge is 0.193 e. The summed E-state index contributed by atoms with van der Waals surface area (Å²) in [6.07, 6.45) is 1.44. The Morgan fingerprint density at radius 3 is 2.58 bits per heavy atom. The van der Waals surface area contributed by atoms with E-state index in [0.29, 0.717) is 0 Å². The Hall–Kier alpha value is -0.910. The number of hydrogen-bond donors (Lipinski definition) is 0. The number of rotatable bonds is 2. The summed E-state index contributed by atoms with van der Waals surface area (Å²) in [6.45, 7) is 0. The van der Waals surface area contributed by atoms with Gasteiger partial charge in [0.2, 0.25) is 0 Å². The molecule has 0 bridgehead atoms. The predicted molar refractivity (Wildman–Crippen MR) is 52.1 cm³/mol. The third-order valence-electron chi connectivity index (χ3n) is 1.16. The molecule has 0 aromatic heterocycles. The highest BCUT2D eigenvalue weighted by Gasteiger charge is 1.89. The summed E-state index contributed by atoms with van der Waals surface area (Å²) in [4.78, 5) is 1.07. The fourth-order valence-electron chi connectivity index (χ4n) is 0.656. The van der Waals surface area contributed by atoms with Gasteiger partial charge >= 0.3 is 0 Å². The van der Waals surface area contributed by atoms with Crippen LogP contribution in [0, 0.1) is 11.3 Å². The first-order valence-electron chi connectivity index (χ1n) is 3.30. The van der Waals surface area contributed by atoms with Gasteiger partial charge in [0.1, 0.15) is 0 Å². The molecule has 0 amide bonds. The fraction of sp³-hybridized carbons (Fsp3) is 0. The molecule has 0 spiro atoms. The maximum atomic E-state index is 8.22. The number of benzene rings is 1. The van der Waals surface area contributed by atoms with Crippen molar-refractivity contribution in [2.45, 2.75) is 4.90 Å². The minimum Gasteiger partial charge on any atom is -0.193 e. The van der Waals surface area contributed by atoms with Gasteiger partial charge in [-0.15, -0.1) is 0 Å². The van der Waals surface area contributed by atoms with Crippen molar-refractivity contribution in [3.63, 3.8) is 0 Å².